The zero-order chi connectivity index (χ0) is 20.0. The van der Waals surface area contributed by atoms with Crippen molar-refractivity contribution in [2.24, 2.45) is 0 Å². The average molecular weight is 410 g/mol. The number of aromatic nitrogens is 5. The van der Waals surface area contributed by atoms with E-state index in [-0.39, 0.29) is 5.82 Å². The van der Waals surface area contributed by atoms with Gasteiger partial charge in [0.2, 0.25) is 0 Å². The number of hydrogen-bond acceptors (Lipinski definition) is 9. The lowest BCUT2D eigenvalue weighted by molar-refractivity contribution is -0.0289. The molecule has 4 aromatic rings. The van der Waals surface area contributed by atoms with Crippen LogP contribution in [0.2, 0.25) is 0 Å². The van der Waals surface area contributed by atoms with Gasteiger partial charge in [-0.15, -0.1) is 11.8 Å². The molecule has 148 valence electrons. The standard InChI is InChI=1S/C19H18N6O3S/c20-17-14-18(22-8-21-17)25(9-23-14)19-16(27)15(26)12(28-19)7-29-13-6-5-10-3-1-2-4-11(10)24-13/h1-6,8-9,12,15-16,19,26-27H,7H2,(H2,20,21,22)/t12-,15-,16-,19-/m1/s1. The lowest BCUT2D eigenvalue weighted by atomic mass is 10.1. The maximum absolute atomic E-state index is 10.5. The number of fused-ring (bicyclic) bond motifs is 2. The molecule has 1 fully saturated rings. The van der Waals surface area contributed by atoms with Crippen molar-refractivity contribution in [3.05, 3.63) is 49.1 Å². The number of imidazole rings is 1. The molecule has 10 heteroatoms. The number of benzene rings is 1. The summed E-state index contributed by atoms with van der Waals surface area (Å²) < 4.78 is 7.53. The number of nitrogen functional groups attached to an aromatic ring is 1. The quantitative estimate of drug-likeness (QED) is 0.427. The lowest BCUT2D eigenvalue weighted by Gasteiger charge is -2.16. The highest BCUT2D eigenvalue weighted by Gasteiger charge is 2.44. The van der Waals surface area contributed by atoms with Crippen LogP contribution in [0.4, 0.5) is 5.82 Å². The zero-order valence-electron chi connectivity index (χ0n) is 15.2. The van der Waals surface area contributed by atoms with E-state index in [2.05, 4.69) is 19.9 Å². The van der Waals surface area contributed by atoms with E-state index in [1.807, 2.05) is 36.4 Å². The summed E-state index contributed by atoms with van der Waals surface area (Å²) in [5, 5.41) is 22.9. The third-order valence-corrected chi connectivity index (χ3v) is 5.99. The van der Waals surface area contributed by atoms with E-state index in [0.29, 0.717) is 16.9 Å². The minimum absolute atomic E-state index is 0.247. The van der Waals surface area contributed by atoms with E-state index in [9.17, 15) is 10.2 Å². The summed E-state index contributed by atoms with van der Waals surface area (Å²) in [4.78, 5) is 16.9. The second-order valence-corrected chi connectivity index (χ2v) is 7.82. The summed E-state index contributed by atoms with van der Waals surface area (Å²) in [6, 6.07) is 11.8. The van der Waals surface area contributed by atoms with Gasteiger partial charge in [0.1, 0.15) is 24.1 Å². The molecular formula is C19H18N6O3S. The number of thioether (sulfide) groups is 1. The summed E-state index contributed by atoms with van der Waals surface area (Å²) in [6.45, 7) is 0. The van der Waals surface area contributed by atoms with Crippen LogP contribution in [0.15, 0.2) is 54.1 Å². The Balaban J connectivity index is 1.34. The molecule has 1 saturated heterocycles. The highest BCUT2D eigenvalue weighted by atomic mass is 32.2. The van der Waals surface area contributed by atoms with Crippen molar-refractivity contribution >= 4 is 39.6 Å². The van der Waals surface area contributed by atoms with Crippen molar-refractivity contribution < 1.29 is 14.9 Å². The molecule has 0 saturated carbocycles. The van der Waals surface area contributed by atoms with Gasteiger partial charge in [0.05, 0.1) is 23.0 Å². The molecule has 4 N–H and O–H groups in total. The van der Waals surface area contributed by atoms with Crippen molar-refractivity contribution in [2.45, 2.75) is 29.6 Å². The Morgan fingerprint density at radius 2 is 1.93 bits per heavy atom. The largest absolute Gasteiger partial charge is 0.387 e. The molecule has 1 aromatic carbocycles. The summed E-state index contributed by atoms with van der Waals surface area (Å²) >= 11 is 1.47. The predicted molar refractivity (Wildman–Crippen MR) is 108 cm³/mol. The Bertz CT molecular complexity index is 1190. The fourth-order valence-electron chi connectivity index (χ4n) is 3.45. The first kappa shape index (κ1) is 18.3. The maximum atomic E-state index is 10.5. The fourth-order valence-corrected chi connectivity index (χ4v) is 4.39. The Labute approximate surface area is 169 Å². The average Bonchev–Trinajstić information content (AvgIpc) is 3.29. The number of pyridine rings is 1. The van der Waals surface area contributed by atoms with Crippen LogP contribution in [0.5, 0.6) is 0 Å². The third-order valence-electron chi connectivity index (χ3n) is 4.97. The number of ether oxygens (including phenoxy) is 1. The molecule has 0 amide bonds. The molecule has 0 bridgehead atoms. The number of nitrogens with zero attached hydrogens (tertiary/aromatic N) is 5. The van der Waals surface area contributed by atoms with Crippen LogP contribution >= 0.6 is 11.8 Å². The minimum Gasteiger partial charge on any atom is -0.387 e. The van der Waals surface area contributed by atoms with E-state index in [1.165, 1.54) is 24.4 Å². The number of nitrogens with two attached hydrogens (primary N) is 1. The van der Waals surface area contributed by atoms with Gasteiger partial charge in [-0.3, -0.25) is 4.57 Å². The van der Waals surface area contributed by atoms with Crippen molar-refractivity contribution in [1.82, 2.24) is 24.5 Å². The van der Waals surface area contributed by atoms with Gasteiger partial charge in [0, 0.05) is 11.1 Å². The van der Waals surface area contributed by atoms with Crippen LogP contribution in [0.3, 0.4) is 0 Å². The van der Waals surface area contributed by atoms with E-state index >= 15 is 0 Å². The number of aliphatic hydroxyl groups is 2. The Hall–Kier alpha value is -2.79. The molecule has 4 heterocycles. The van der Waals surface area contributed by atoms with Gasteiger partial charge in [-0.25, -0.2) is 19.9 Å². The minimum atomic E-state index is -1.13. The molecule has 0 aliphatic carbocycles. The van der Waals surface area contributed by atoms with Crippen LogP contribution in [-0.4, -0.2) is 58.8 Å². The molecular weight excluding hydrogens is 392 g/mol. The molecule has 0 spiro atoms. The predicted octanol–water partition coefficient (Wildman–Crippen LogP) is 1.37. The second kappa shape index (κ2) is 7.23. The van der Waals surface area contributed by atoms with Gasteiger partial charge in [0.25, 0.3) is 0 Å². The van der Waals surface area contributed by atoms with Crippen LogP contribution < -0.4 is 5.73 Å². The van der Waals surface area contributed by atoms with Gasteiger partial charge in [-0.05, 0) is 12.1 Å². The molecule has 0 unspecified atom stereocenters. The number of aliphatic hydroxyl groups excluding tert-OH is 2. The van der Waals surface area contributed by atoms with Crippen LogP contribution in [0.1, 0.15) is 6.23 Å². The first-order valence-corrected chi connectivity index (χ1v) is 10.0. The van der Waals surface area contributed by atoms with Crippen molar-refractivity contribution in [3.63, 3.8) is 0 Å². The lowest BCUT2D eigenvalue weighted by Crippen LogP contribution is -2.32. The van der Waals surface area contributed by atoms with Crippen molar-refractivity contribution in [3.8, 4) is 0 Å². The van der Waals surface area contributed by atoms with Crippen LogP contribution in [0.25, 0.3) is 22.1 Å². The maximum Gasteiger partial charge on any atom is 0.167 e. The van der Waals surface area contributed by atoms with Gasteiger partial charge < -0.3 is 20.7 Å². The smallest absolute Gasteiger partial charge is 0.167 e. The molecule has 9 nitrogen and oxygen atoms in total. The highest BCUT2D eigenvalue weighted by Crippen LogP contribution is 2.34. The first-order chi connectivity index (χ1) is 14.1. The van der Waals surface area contributed by atoms with E-state index in [0.717, 1.165) is 15.9 Å². The number of anilines is 1. The van der Waals surface area contributed by atoms with Gasteiger partial charge in [-0.2, -0.15) is 0 Å². The molecule has 1 aliphatic rings. The fraction of sp³-hybridized carbons (Fsp3) is 0.263. The Morgan fingerprint density at radius 1 is 1.07 bits per heavy atom. The Kier molecular flexibility index (Phi) is 4.55. The van der Waals surface area contributed by atoms with Gasteiger partial charge in [0.15, 0.2) is 17.7 Å². The van der Waals surface area contributed by atoms with Crippen molar-refractivity contribution in [2.75, 3.05) is 11.5 Å². The summed E-state index contributed by atoms with van der Waals surface area (Å²) in [5.74, 6) is 0.681. The van der Waals surface area contributed by atoms with E-state index in [4.69, 9.17) is 10.5 Å². The monoisotopic (exact) mass is 410 g/mol. The van der Waals surface area contributed by atoms with Gasteiger partial charge in [-0.1, -0.05) is 24.3 Å². The summed E-state index contributed by atoms with van der Waals surface area (Å²) in [6.07, 6.45) is -0.768. The molecule has 29 heavy (non-hydrogen) atoms. The number of rotatable bonds is 4. The van der Waals surface area contributed by atoms with Crippen molar-refractivity contribution in [1.29, 1.82) is 0 Å². The zero-order valence-corrected chi connectivity index (χ0v) is 16.0. The molecule has 5 rings (SSSR count). The van der Waals surface area contributed by atoms with Crippen LogP contribution in [0, 0.1) is 0 Å². The van der Waals surface area contributed by atoms with Gasteiger partial charge >= 0.3 is 0 Å². The van der Waals surface area contributed by atoms with E-state index in [1.54, 1.807) is 4.57 Å². The first-order valence-electron chi connectivity index (χ1n) is 9.05. The van der Waals surface area contributed by atoms with Crippen LogP contribution in [-0.2, 0) is 4.74 Å². The Morgan fingerprint density at radius 3 is 2.83 bits per heavy atom. The molecule has 0 radical (unpaired) electrons. The highest BCUT2D eigenvalue weighted by molar-refractivity contribution is 7.99. The third kappa shape index (κ3) is 3.19. The topological polar surface area (TPSA) is 132 Å². The normalized spacial score (nSPS) is 24.5. The summed E-state index contributed by atoms with van der Waals surface area (Å²) in [7, 11) is 0. The number of hydrogen-bond donors (Lipinski definition) is 3. The molecule has 4 atom stereocenters. The SMILES string of the molecule is Nc1ncnc2c1ncn2[C@@H]1O[C@H](CSc2ccc3ccccc3n2)[C@@H](O)[C@H]1O. The molecule has 3 aromatic heterocycles. The molecule has 1 aliphatic heterocycles. The van der Waals surface area contributed by atoms with E-state index < -0.39 is 24.5 Å². The second-order valence-electron chi connectivity index (χ2n) is 6.78. The number of para-hydroxylation sites is 1. The summed E-state index contributed by atoms with van der Waals surface area (Å²) in [5.41, 5.74) is 7.60.